The number of benzene rings is 2. The van der Waals surface area contributed by atoms with E-state index in [-0.39, 0.29) is 0 Å². The molecule has 0 spiro atoms. The molecule has 0 bridgehead atoms. The normalized spacial score (nSPS) is 13.9. The minimum Gasteiger partial charge on any atom is -0.450 e. The van der Waals surface area contributed by atoms with Crippen LogP contribution in [0.25, 0.3) is 21.8 Å². The molecule has 0 atom stereocenters. The second-order valence-electron chi connectivity index (χ2n) is 6.73. The van der Waals surface area contributed by atoms with Crippen molar-refractivity contribution >= 4 is 33.4 Å². The molecule has 5 nitrogen and oxygen atoms in total. The quantitative estimate of drug-likeness (QED) is 0.524. The monoisotopic (exact) mass is 343 g/mol. The van der Waals surface area contributed by atoms with E-state index in [1.165, 1.54) is 10.8 Å². The molecule has 4 heterocycles. The fraction of sp³-hybridized carbons (Fsp3) is 0.143. The topological polar surface area (TPSA) is 29.5 Å². The molecule has 0 fully saturated rings. The standard InChI is InChI=1S/C21H17N3O2/c1-22(18-10-8-14-4-2-6-16-20(14)23(18)12-25-16)19-11-9-15-5-3-7-17-21(15)24(19)13-26-17/h2-11H,12-13H2,1H3/q+2. The molecule has 2 aromatic carbocycles. The Hall–Kier alpha value is -3.34. The van der Waals surface area contributed by atoms with Gasteiger partial charge in [0.2, 0.25) is 13.5 Å². The molecule has 5 heteroatoms. The number of ether oxygens (including phenoxy) is 2. The fourth-order valence-corrected chi connectivity index (χ4v) is 4.13. The smallest absolute Gasteiger partial charge is 0.287 e. The third-order valence-corrected chi connectivity index (χ3v) is 5.36. The van der Waals surface area contributed by atoms with Crippen molar-refractivity contribution in [3.63, 3.8) is 0 Å². The van der Waals surface area contributed by atoms with Gasteiger partial charge in [0.1, 0.15) is 0 Å². The van der Waals surface area contributed by atoms with Crippen LogP contribution >= 0.6 is 0 Å². The summed E-state index contributed by atoms with van der Waals surface area (Å²) in [6.07, 6.45) is 0. The predicted molar refractivity (Wildman–Crippen MR) is 97.6 cm³/mol. The highest BCUT2D eigenvalue weighted by Gasteiger charge is 2.31. The highest BCUT2D eigenvalue weighted by Crippen LogP contribution is 2.32. The highest BCUT2D eigenvalue weighted by atomic mass is 16.5. The van der Waals surface area contributed by atoms with Gasteiger partial charge in [-0.05, 0) is 24.3 Å². The molecule has 2 aromatic heterocycles. The first-order chi connectivity index (χ1) is 12.8. The number of hydrogen-bond acceptors (Lipinski definition) is 3. The van der Waals surface area contributed by atoms with Crippen LogP contribution in [-0.2, 0) is 13.5 Å². The maximum atomic E-state index is 5.88. The zero-order chi connectivity index (χ0) is 17.3. The van der Waals surface area contributed by atoms with Crippen molar-refractivity contribution in [1.82, 2.24) is 0 Å². The average Bonchev–Trinajstić information content (AvgIpc) is 3.30. The minimum atomic E-state index is 0.533. The molecular weight excluding hydrogens is 326 g/mol. The number of pyridine rings is 2. The molecule has 0 radical (unpaired) electrons. The number of hydrogen-bond donors (Lipinski definition) is 0. The summed E-state index contributed by atoms with van der Waals surface area (Å²) in [4.78, 5) is 2.20. The van der Waals surface area contributed by atoms with Gasteiger partial charge in [-0.25, -0.2) is 0 Å². The van der Waals surface area contributed by atoms with E-state index in [0.29, 0.717) is 13.5 Å². The van der Waals surface area contributed by atoms with E-state index in [1.807, 2.05) is 24.3 Å². The second kappa shape index (κ2) is 4.85. The van der Waals surface area contributed by atoms with Gasteiger partial charge in [-0.3, -0.25) is 0 Å². The lowest BCUT2D eigenvalue weighted by Crippen LogP contribution is -2.44. The molecule has 0 N–H and O–H groups in total. The first-order valence-electron chi connectivity index (χ1n) is 8.72. The number of para-hydroxylation sites is 2. The van der Waals surface area contributed by atoms with E-state index < -0.39 is 0 Å². The molecule has 26 heavy (non-hydrogen) atoms. The molecule has 0 aliphatic carbocycles. The first-order valence-corrected chi connectivity index (χ1v) is 8.72. The van der Waals surface area contributed by atoms with Crippen LogP contribution in [0.2, 0.25) is 0 Å². The summed E-state index contributed by atoms with van der Waals surface area (Å²) in [5.74, 6) is 4.07. The molecule has 6 rings (SSSR count). The Labute approximate surface area is 150 Å². The Balaban J connectivity index is 1.57. The zero-order valence-corrected chi connectivity index (χ0v) is 14.3. The molecule has 2 aliphatic rings. The second-order valence-corrected chi connectivity index (χ2v) is 6.73. The van der Waals surface area contributed by atoms with Crippen LogP contribution < -0.4 is 23.5 Å². The lowest BCUT2D eigenvalue weighted by molar-refractivity contribution is -0.685. The van der Waals surface area contributed by atoms with Gasteiger partial charge in [0.15, 0.2) is 22.5 Å². The summed E-state index contributed by atoms with van der Waals surface area (Å²) in [5.41, 5.74) is 2.30. The van der Waals surface area contributed by atoms with Gasteiger partial charge in [-0.1, -0.05) is 24.3 Å². The van der Waals surface area contributed by atoms with Gasteiger partial charge in [0.05, 0.1) is 7.05 Å². The van der Waals surface area contributed by atoms with Crippen LogP contribution in [0, 0.1) is 0 Å². The molecular formula is C21H17N3O2+2. The predicted octanol–water partition coefficient (Wildman–Crippen LogP) is 3.04. The van der Waals surface area contributed by atoms with Crippen molar-refractivity contribution in [3.8, 4) is 11.5 Å². The maximum absolute atomic E-state index is 5.88. The van der Waals surface area contributed by atoms with Crippen LogP contribution in [0.5, 0.6) is 11.5 Å². The van der Waals surface area contributed by atoms with Gasteiger partial charge in [0.25, 0.3) is 11.6 Å². The third kappa shape index (κ3) is 1.69. The summed E-state index contributed by atoms with van der Waals surface area (Å²) in [6, 6.07) is 21.0. The van der Waals surface area contributed by atoms with Crippen molar-refractivity contribution in [1.29, 1.82) is 0 Å². The van der Waals surface area contributed by atoms with Crippen LogP contribution in [0.15, 0.2) is 60.7 Å². The van der Waals surface area contributed by atoms with E-state index >= 15 is 0 Å². The first kappa shape index (κ1) is 13.9. The van der Waals surface area contributed by atoms with Gasteiger partial charge in [0, 0.05) is 22.9 Å². The lowest BCUT2D eigenvalue weighted by Gasteiger charge is -2.14. The van der Waals surface area contributed by atoms with Gasteiger partial charge in [-0.2, -0.15) is 14.0 Å². The van der Waals surface area contributed by atoms with Crippen LogP contribution in [0.1, 0.15) is 0 Å². The van der Waals surface area contributed by atoms with Gasteiger partial charge >= 0.3 is 0 Å². The minimum absolute atomic E-state index is 0.533. The summed E-state index contributed by atoms with van der Waals surface area (Å²) in [5, 5.41) is 2.39. The third-order valence-electron chi connectivity index (χ3n) is 5.36. The van der Waals surface area contributed by atoms with E-state index in [1.54, 1.807) is 0 Å². The van der Waals surface area contributed by atoms with Crippen molar-refractivity contribution < 1.29 is 18.6 Å². The summed E-state index contributed by atoms with van der Waals surface area (Å²) >= 11 is 0. The average molecular weight is 343 g/mol. The summed E-state index contributed by atoms with van der Waals surface area (Å²) in [7, 11) is 2.09. The van der Waals surface area contributed by atoms with Crippen molar-refractivity contribution in [2.45, 2.75) is 13.5 Å². The fourth-order valence-electron chi connectivity index (χ4n) is 4.13. The van der Waals surface area contributed by atoms with E-state index in [0.717, 1.165) is 34.2 Å². The number of anilines is 2. The number of rotatable bonds is 2. The molecule has 2 aliphatic heterocycles. The Bertz CT molecular complexity index is 1120. The molecule has 126 valence electrons. The van der Waals surface area contributed by atoms with Crippen LogP contribution in [0.4, 0.5) is 11.6 Å². The largest absolute Gasteiger partial charge is 0.450 e. The number of nitrogens with zero attached hydrogens (tertiary/aromatic N) is 3. The summed E-state index contributed by atoms with van der Waals surface area (Å²) < 4.78 is 16.2. The summed E-state index contributed by atoms with van der Waals surface area (Å²) in [6.45, 7) is 1.07. The molecule has 0 saturated heterocycles. The van der Waals surface area contributed by atoms with Crippen molar-refractivity contribution in [2.24, 2.45) is 0 Å². The molecule has 0 amide bonds. The van der Waals surface area contributed by atoms with E-state index in [4.69, 9.17) is 9.47 Å². The van der Waals surface area contributed by atoms with Crippen LogP contribution in [0.3, 0.4) is 0 Å². The van der Waals surface area contributed by atoms with Gasteiger partial charge in [-0.15, -0.1) is 0 Å². The Morgan fingerprint density at radius 1 is 0.692 bits per heavy atom. The Morgan fingerprint density at radius 3 is 1.69 bits per heavy atom. The number of aromatic nitrogens is 2. The van der Waals surface area contributed by atoms with E-state index in [9.17, 15) is 0 Å². The van der Waals surface area contributed by atoms with Crippen molar-refractivity contribution in [2.75, 3.05) is 11.9 Å². The Kier molecular flexibility index (Phi) is 2.59. The highest BCUT2D eigenvalue weighted by molar-refractivity contribution is 5.84. The maximum Gasteiger partial charge on any atom is 0.287 e. The Morgan fingerprint density at radius 2 is 1.19 bits per heavy atom. The lowest BCUT2D eigenvalue weighted by atomic mass is 10.2. The SMILES string of the molecule is CN(c1ccc2cccc3c2[n+]1CO3)c1ccc2cccc3c2[n+]1CO3. The molecule has 0 unspecified atom stereocenters. The van der Waals surface area contributed by atoms with Gasteiger partial charge < -0.3 is 9.47 Å². The van der Waals surface area contributed by atoms with E-state index in [2.05, 4.69) is 57.5 Å². The molecule has 0 saturated carbocycles. The zero-order valence-electron chi connectivity index (χ0n) is 14.3. The van der Waals surface area contributed by atoms with Crippen molar-refractivity contribution in [3.05, 3.63) is 60.7 Å². The molecule has 4 aromatic rings. The van der Waals surface area contributed by atoms with Crippen LogP contribution in [-0.4, -0.2) is 7.05 Å².